The highest BCUT2D eigenvalue weighted by molar-refractivity contribution is 9.10. The fourth-order valence-electron chi connectivity index (χ4n) is 2.09. The van der Waals surface area contributed by atoms with E-state index in [1.165, 1.54) is 18.2 Å². The molecule has 2 aromatic carbocycles. The molecule has 0 fully saturated rings. The average molecular weight is 397 g/mol. The SMILES string of the molecule is CC1Oc2ccc(S(=O)(=O)Nc3ccc(Br)cc3)cc2NC1=O. The fourth-order valence-corrected chi connectivity index (χ4v) is 3.44. The van der Waals surface area contributed by atoms with E-state index in [-0.39, 0.29) is 10.8 Å². The zero-order valence-corrected chi connectivity index (χ0v) is 14.4. The van der Waals surface area contributed by atoms with E-state index in [1.54, 1.807) is 31.2 Å². The number of carbonyl (C=O) groups excluding carboxylic acids is 1. The van der Waals surface area contributed by atoms with Crippen LogP contribution in [0.5, 0.6) is 5.75 Å². The predicted molar refractivity (Wildman–Crippen MR) is 90.1 cm³/mol. The van der Waals surface area contributed by atoms with Crippen molar-refractivity contribution in [2.24, 2.45) is 0 Å². The topological polar surface area (TPSA) is 84.5 Å². The van der Waals surface area contributed by atoms with E-state index >= 15 is 0 Å². The molecule has 1 unspecified atom stereocenters. The first kappa shape index (κ1) is 15.8. The molecular weight excluding hydrogens is 384 g/mol. The van der Waals surface area contributed by atoms with Crippen LogP contribution in [0.2, 0.25) is 0 Å². The Kier molecular flexibility index (Phi) is 4.03. The van der Waals surface area contributed by atoms with Gasteiger partial charge in [-0.05, 0) is 49.4 Å². The van der Waals surface area contributed by atoms with E-state index in [4.69, 9.17) is 4.74 Å². The Hall–Kier alpha value is -2.06. The van der Waals surface area contributed by atoms with Crippen LogP contribution in [0.4, 0.5) is 11.4 Å². The van der Waals surface area contributed by atoms with Crippen molar-refractivity contribution < 1.29 is 17.9 Å². The van der Waals surface area contributed by atoms with Gasteiger partial charge in [-0.2, -0.15) is 0 Å². The van der Waals surface area contributed by atoms with E-state index in [0.717, 1.165) is 4.47 Å². The highest BCUT2D eigenvalue weighted by Crippen LogP contribution is 2.32. The first-order valence-electron chi connectivity index (χ1n) is 6.75. The molecule has 3 rings (SSSR count). The first-order valence-corrected chi connectivity index (χ1v) is 9.03. The number of hydrogen-bond donors (Lipinski definition) is 2. The Morgan fingerprint density at radius 2 is 1.87 bits per heavy atom. The number of ether oxygens (including phenoxy) is 1. The minimum Gasteiger partial charge on any atom is -0.479 e. The lowest BCUT2D eigenvalue weighted by Crippen LogP contribution is -2.34. The van der Waals surface area contributed by atoms with Gasteiger partial charge in [0.25, 0.3) is 15.9 Å². The predicted octanol–water partition coefficient (Wildman–Crippen LogP) is 2.97. The van der Waals surface area contributed by atoms with Gasteiger partial charge in [0.05, 0.1) is 10.6 Å². The second kappa shape index (κ2) is 5.86. The van der Waals surface area contributed by atoms with Crippen molar-refractivity contribution in [2.45, 2.75) is 17.9 Å². The Morgan fingerprint density at radius 1 is 1.17 bits per heavy atom. The van der Waals surface area contributed by atoms with Crippen molar-refractivity contribution >= 4 is 43.2 Å². The van der Waals surface area contributed by atoms with Crippen molar-refractivity contribution in [1.29, 1.82) is 0 Å². The summed E-state index contributed by atoms with van der Waals surface area (Å²) in [5, 5.41) is 2.63. The lowest BCUT2D eigenvalue weighted by Gasteiger charge is -2.23. The van der Waals surface area contributed by atoms with Crippen LogP contribution < -0.4 is 14.8 Å². The molecule has 23 heavy (non-hydrogen) atoms. The quantitative estimate of drug-likeness (QED) is 0.834. The van der Waals surface area contributed by atoms with Crippen LogP contribution in [-0.4, -0.2) is 20.4 Å². The molecular formula is C15H13BrN2O4S. The van der Waals surface area contributed by atoms with Gasteiger partial charge in [0, 0.05) is 10.2 Å². The molecule has 120 valence electrons. The molecule has 0 aromatic heterocycles. The maximum Gasteiger partial charge on any atom is 0.265 e. The molecule has 2 N–H and O–H groups in total. The number of carbonyl (C=O) groups is 1. The number of halogens is 1. The zero-order valence-electron chi connectivity index (χ0n) is 12.0. The number of anilines is 2. The molecule has 0 saturated carbocycles. The van der Waals surface area contributed by atoms with E-state index in [1.807, 2.05) is 0 Å². The highest BCUT2D eigenvalue weighted by atomic mass is 79.9. The Labute approximate surface area is 142 Å². The Morgan fingerprint density at radius 3 is 2.57 bits per heavy atom. The van der Waals surface area contributed by atoms with Crippen molar-refractivity contribution in [3.05, 3.63) is 46.9 Å². The van der Waals surface area contributed by atoms with Gasteiger partial charge in [-0.3, -0.25) is 9.52 Å². The Balaban J connectivity index is 1.90. The number of amides is 1. The highest BCUT2D eigenvalue weighted by Gasteiger charge is 2.25. The fraction of sp³-hybridized carbons (Fsp3) is 0.133. The third kappa shape index (κ3) is 3.32. The monoisotopic (exact) mass is 396 g/mol. The summed E-state index contributed by atoms with van der Waals surface area (Å²) in [4.78, 5) is 11.7. The molecule has 6 nitrogen and oxygen atoms in total. The Bertz CT molecular complexity index is 866. The van der Waals surface area contributed by atoms with Crippen molar-refractivity contribution in [3.8, 4) is 5.75 Å². The summed E-state index contributed by atoms with van der Waals surface area (Å²) < 4.78 is 33.6. The van der Waals surface area contributed by atoms with Crippen molar-refractivity contribution in [2.75, 3.05) is 10.0 Å². The van der Waals surface area contributed by atoms with E-state index in [9.17, 15) is 13.2 Å². The molecule has 1 heterocycles. The van der Waals surface area contributed by atoms with E-state index < -0.39 is 16.1 Å². The minimum atomic E-state index is -3.76. The van der Waals surface area contributed by atoms with Gasteiger partial charge in [-0.1, -0.05) is 15.9 Å². The second-order valence-electron chi connectivity index (χ2n) is 5.02. The average Bonchev–Trinajstić information content (AvgIpc) is 2.50. The number of nitrogens with one attached hydrogen (secondary N) is 2. The van der Waals surface area contributed by atoms with Crippen LogP contribution in [0.25, 0.3) is 0 Å². The molecule has 0 bridgehead atoms. The lowest BCUT2D eigenvalue weighted by molar-refractivity contribution is -0.122. The van der Waals surface area contributed by atoms with Crippen molar-refractivity contribution in [1.82, 2.24) is 0 Å². The zero-order chi connectivity index (χ0) is 16.6. The summed E-state index contributed by atoms with van der Waals surface area (Å²) in [6, 6.07) is 11.1. The molecule has 2 aromatic rings. The molecule has 0 aliphatic carbocycles. The summed E-state index contributed by atoms with van der Waals surface area (Å²) in [5.74, 6) is 0.132. The summed E-state index contributed by atoms with van der Waals surface area (Å²) in [6.45, 7) is 1.62. The van der Waals surface area contributed by atoms with Crippen LogP contribution >= 0.6 is 15.9 Å². The molecule has 1 atom stereocenters. The van der Waals surface area contributed by atoms with Gasteiger partial charge in [0.15, 0.2) is 6.10 Å². The number of sulfonamides is 1. The van der Waals surface area contributed by atoms with Crippen molar-refractivity contribution in [3.63, 3.8) is 0 Å². The summed E-state index contributed by atoms with van der Waals surface area (Å²) >= 11 is 3.29. The van der Waals surface area contributed by atoms with Crippen LogP contribution in [0, 0.1) is 0 Å². The number of fused-ring (bicyclic) bond motifs is 1. The van der Waals surface area contributed by atoms with Gasteiger partial charge in [0.1, 0.15) is 5.75 Å². The summed E-state index contributed by atoms with van der Waals surface area (Å²) in [7, 11) is -3.76. The smallest absolute Gasteiger partial charge is 0.265 e. The molecule has 0 radical (unpaired) electrons. The van der Waals surface area contributed by atoms with Gasteiger partial charge in [-0.25, -0.2) is 8.42 Å². The molecule has 1 aliphatic heterocycles. The number of benzene rings is 2. The largest absolute Gasteiger partial charge is 0.479 e. The molecule has 0 spiro atoms. The summed E-state index contributed by atoms with van der Waals surface area (Å²) in [6.07, 6.45) is -0.606. The lowest BCUT2D eigenvalue weighted by atomic mass is 10.2. The minimum absolute atomic E-state index is 0.0395. The van der Waals surface area contributed by atoms with Gasteiger partial charge in [0.2, 0.25) is 0 Å². The standard InChI is InChI=1S/C15H13BrN2O4S/c1-9-15(19)17-13-8-12(6-7-14(13)22-9)23(20,21)18-11-4-2-10(16)3-5-11/h2-9,18H,1H3,(H,17,19). The van der Waals surface area contributed by atoms with Crippen LogP contribution in [0.15, 0.2) is 51.8 Å². The number of rotatable bonds is 3. The van der Waals surface area contributed by atoms with E-state index in [0.29, 0.717) is 17.1 Å². The van der Waals surface area contributed by atoms with E-state index in [2.05, 4.69) is 26.0 Å². The van der Waals surface area contributed by atoms with Gasteiger partial charge < -0.3 is 10.1 Å². The van der Waals surface area contributed by atoms with Gasteiger partial charge in [-0.15, -0.1) is 0 Å². The third-order valence-electron chi connectivity index (χ3n) is 3.29. The van der Waals surface area contributed by atoms with Gasteiger partial charge >= 0.3 is 0 Å². The molecule has 1 aliphatic rings. The summed E-state index contributed by atoms with van der Waals surface area (Å²) in [5.41, 5.74) is 0.784. The van der Waals surface area contributed by atoms with Crippen LogP contribution in [0.1, 0.15) is 6.92 Å². The van der Waals surface area contributed by atoms with Crippen LogP contribution in [-0.2, 0) is 14.8 Å². The third-order valence-corrected chi connectivity index (χ3v) is 5.20. The molecule has 0 saturated heterocycles. The molecule has 1 amide bonds. The van der Waals surface area contributed by atoms with Crippen LogP contribution in [0.3, 0.4) is 0 Å². The first-order chi connectivity index (χ1) is 10.8. The second-order valence-corrected chi connectivity index (χ2v) is 7.62. The molecule has 8 heteroatoms. The normalized spacial score (nSPS) is 17.0. The maximum absolute atomic E-state index is 12.4. The maximum atomic E-state index is 12.4. The number of hydrogen-bond acceptors (Lipinski definition) is 4.